The van der Waals surface area contributed by atoms with Gasteiger partial charge >= 0.3 is 0 Å². The molecule has 6 nitrogen and oxygen atoms in total. The molecule has 0 aromatic heterocycles. The van der Waals surface area contributed by atoms with E-state index in [9.17, 15) is 12.8 Å². The number of nitrogens with one attached hydrogen (secondary N) is 2. The molecule has 0 bridgehead atoms. The predicted molar refractivity (Wildman–Crippen MR) is 106 cm³/mol. The fourth-order valence-corrected chi connectivity index (χ4v) is 4.55. The molecule has 1 saturated heterocycles. The van der Waals surface area contributed by atoms with Crippen molar-refractivity contribution in [2.24, 2.45) is 4.40 Å². The molecule has 0 spiro atoms. The van der Waals surface area contributed by atoms with Gasteiger partial charge in [-0.1, -0.05) is 24.3 Å². The summed E-state index contributed by atoms with van der Waals surface area (Å²) < 4.78 is 42.4. The third-order valence-electron chi connectivity index (χ3n) is 4.61. The molecule has 2 N–H and O–H groups in total. The zero-order chi connectivity index (χ0) is 18.1. The lowest BCUT2D eigenvalue weighted by Crippen LogP contribution is -2.49. The van der Waals surface area contributed by atoms with Gasteiger partial charge in [-0.2, -0.15) is 8.42 Å². The minimum absolute atomic E-state index is 0. The quantitative estimate of drug-likeness (QED) is 0.812. The van der Waals surface area contributed by atoms with Crippen LogP contribution in [0, 0.1) is 5.82 Å². The van der Waals surface area contributed by atoms with Crippen LogP contribution in [0.15, 0.2) is 57.8 Å². The second kappa shape index (κ2) is 7.93. The standard InChI is InChI=1S/C18H19FN4O2S.ClH/c19-14-5-3-4-13(10-14)16-11-20-8-9-23(16)12-18-21-15-6-1-2-7-17(15)26(24,25)22-18;/h1-7,10,16,20H,8-9,11-12H2,(H,21,22);1H. The second-order valence-electron chi connectivity index (χ2n) is 6.38. The van der Waals surface area contributed by atoms with Gasteiger partial charge in [-0.05, 0) is 29.8 Å². The van der Waals surface area contributed by atoms with Crippen LogP contribution in [-0.4, -0.2) is 45.3 Å². The normalized spacial score (nSPS) is 21.4. The Kier molecular flexibility index (Phi) is 5.81. The molecular weight excluding hydrogens is 391 g/mol. The summed E-state index contributed by atoms with van der Waals surface area (Å²) in [6, 6.07) is 13.2. The number of anilines is 1. The molecule has 0 radical (unpaired) electrons. The summed E-state index contributed by atoms with van der Waals surface area (Å²) in [4.78, 5) is 2.30. The number of hydrogen-bond donors (Lipinski definition) is 2. The minimum Gasteiger partial charge on any atom is -0.341 e. The third-order valence-corrected chi connectivity index (χ3v) is 5.99. The van der Waals surface area contributed by atoms with E-state index >= 15 is 0 Å². The Labute approximate surface area is 164 Å². The summed E-state index contributed by atoms with van der Waals surface area (Å²) in [7, 11) is -3.71. The highest BCUT2D eigenvalue weighted by Crippen LogP contribution is 2.28. The van der Waals surface area contributed by atoms with Gasteiger partial charge in [0.2, 0.25) is 0 Å². The molecule has 2 aromatic rings. The summed E-state index contributed by atoms with van der Waals surface area (Å²) in [5.41, 5.74) is 1.40. The first-order valence-electron chi connectivity index (χ1n) is 8.43. The Hall–Kier alpha value is -2.00. The topological polar surface area (TPSA) is 73.8 Å². The Morgan fingerprint density at radius 1 is 1.19 bits per heavy atom. The smallest absolute Gasteiger partial charge is 0.286 e. The Bertz CT molecular complexity index is 967. The zero-order valence-corrected chi connectivity index (χ0v) is 16.1. The Balaban J connectivity index is 0.00000210. The van der Waals surface area contributed by atoms with Crippen molar-refractivity contribution in [1.29, 1.82) is 0 Å². The van der Waals surface area contributed by atoms with E-state index in [4.69, 9.17) is 0 Å². The second-order valence-corrected chi connectivity index (χ2v) is 7.95. The van der Waals surface area contributed by atoms with Crippen molar-refractivity contribution < 1.29 is 12.8 Å². The summed E-state index contributed by atoms with van der Waals surface area (Å²) >= 11 is 0. The molecular formula is C18H20ClFN4O2S. The van der Waals surface area contributed by atoms with Gasteiger partial charge in [-0.25, -0.2) is 4.39 Å². The molecule has 2 aromatic carbocycles. The van der Waals surface area contributed by atoms with Crippen molar-refractivity contribution in [1.82, 2.24) is 10.2 Å². The van der Waals surface area contributed by atoms with Gasteiger partial charge in [-0.3, -0.25) is 4.90 Å². The molecule has 0 saturated carbocycles. The molecule has 9 heteroatoms. The molecule has 1 unspecified atom stereocenters. The molecule has 2 heterocycles. The van der Waals surface area contributed by atoms with Gasteiger partial charge in [-0.15, -0.1) is 16.8 Å². The Morgan fingerprint density at radius 3 is 2.81 bits per heavy atom. The number of halogens is 2. The van der Waals surface area contributed by atoms with Crippen LogP contribution < -0.4 is 10.6 Å². The maximum Gasteiger partial charge on any atom is 0.286 e. The van der Waals surface area contributed by atoms with E-state index < -0.39 is 10.0 Å². The Morgan fingerprint density at radius 2 is 2.00 bits per heavy atom. The lowest BCUT2D eigenvalue weighted by Gasteiger charge is -2.37. The van der Waals surface area contributed by atoms with Gasteiger partial charge in [0, 0.05) is 25.7 Å². The molecule has 0 aliphatic carbocycles. The third kappa shape index (κ3) is 4.14. The minimum atomic E-state index is -3.71. The van der Waals surface area contributed by atoms with Gasteiger partial charge in [0.1, 0.15) is 16.5 Å². The van der Waals surface area contributed by atoms with Crippen LogP contribution in [0.1, 0.15) is 11.6 Å². The largest absolute Gasteiger partial charge is 0.341 e. The summed E-state index contributed by atoms with van der Waals surface area (Å²) in [5, 5.41) is 6.43. The molecule has 0 amide bonds. The van der Waals surface area contributed by atoms with Gasteiger partial charge in [0.05, 0.1) is 12.2 Å². The molecule has 1 fully saturated rings. The van der Waals surface area contributed by atoms with E-state index in [0.29, 0.717) is 31.2 Å². The number of fused-ring (bicyclic) bond motifs is 1. The summed E-state index contributed by atoms with van der Waals surface area (Å²) in [5.74, 6) is 0.102. The molecule has 27 heavy (non-hydrogen) atoms. The molecule has 4 rings (SSSR count). The van der Waals surface area contributed by atoms with Crippen LogP contribution in [0.2, 0.25) is 0 Å². The van der Waals surface area contributed by atoms with Crippen LogP contribution >= 0.6 is 12.4 Å². The van der Waals surface area contributed by atoms with E-state index in [1.807, 2.05) is 6.07 Å². The number of rotatable bonds is 3. The average Bonchev–Trinajstić information content (AvgIpc) is 2.62. The maximum absolute atomic E-state index is 13.6. The monoisotopic (exact) mass is 410 g/mol. The SMILES string of the molecule is Cl.O=S1(=O)N=C(CN2CCNCC2c2cccc(F)c2)Nc2ccccc21. The predicted octanol–water partition coefficient (Wildman–Crippen LogP) is 2.41. The maximum atomic E-state index is 13.6. The van der Waals surface area contributed by atoms with Crippen molar-refractivity contribution in [3.8, 4) is 0 Å². The number of piperazine rings is 1. The van der Waals surface area contributed by atoms with Crippen LogP contribution in [0.25, 0.3) is 0 Å². The van der Waals surface area contributed by atoms with E-state index in [1.165, 1.54) is 18.2 Å². The summed E-state index contributed by atoms with van der Waals surface area (Å²) in [6.45, 7) is 2.50. The number of para-hydroxylation sites is 1. The zero-order valence-electron chi connectivity index (χ0n) is 14.4. The van der Waals surface area contributed by atoms with Crippen LogP contribution in [0.4, 0.5) is 10.1 Å². The van der Waals surface area contributed by atoms with Crippen molar-refractivity contribution in [3.05, 3.63) is 59.9 Å². The number of benzene rings is 2. The van der Waals surface area contributed by atoms with Crippen LogP contribution in [-0.2, 0) is 10.0 Å². The number of hydrogen-bond acceptors (Lipinski definition) is 5. The highest BCUT2D eigenvalue weighted by Gasteiger charge is 2.29. The molecule has 144 valence electrons. The fourth-order valence-electron chi connectivity index (χ4n) is 3.41. The molecule has 1 atom stereocenters. The van der Waals surface area contributed by atoms with E-state index in [-0.39, 0.29) is 29.2 Å². The lowest BCUT2D eigenvalue weighted by molar-refractivity contribution is 0.186. The lowest BCUT2D eigenvalue weighted by atomic mass is 10.0. The van der Waals surface area contributed by atoms with E-state index in [1.54, 1.807) is 24.3 Å². The van der Waals surface area contributed by atoms with Gasteiger partial charge in [0.15, 0.2) is 0 Å². The number of amidine groups is 1. The molecule has 2 aliphatic rings. The van der Waals surface area contributed by atoms with Crippen molar-refractivity contribution in [2.75, 3.05) is 31.5 Å². The molecule has 2 aliphatic heterocycles. The average molecular weight is 411 g/mol. The van der Waals surface area contributed by atoms with Gasteiger partial charge in [0.25, 0.3) is 10.0 Å². The van der Waals surface area contributed by atoms with E-state index in [0.717, 1.165) is 12.1 Å². The van der Waals surface area contributed by atoms with Crippen molar-refractivity contribution in [3.63, 3.8) is 0 Å². The number of sulfonamides is 1. The highest BCUT2D eigenvalue weighted by molar-refractivity contribution is 7.90. The first-order chi connectivity index (χ1) is 12.5. The van der Waals surface area contributed by atoms with E-state index in [2.05, 4.69) is 19.9 Å². The highest BCUT2D eigenvalue weighted by atomic mass is 35.5. The van der Waals surface area contributed by atoms with Crippen molar-refractivity contribution >= 4 is 34.0 Å². The van der Waals surface area contributed by atoms with Gasteiger partial charge < -0.3 is 10.6 Å². The van der Waals surface area contributed by atoms with Crippen LogP contribution in [0.5, 0.6) is 0 Å². The number of nitrogens with zero attached hydrogens (tertiary/aromatic N) is 2. The first-order valence-corrected chi connectivity index (χ1v) is 9.87. The fraction of sp³-hybridized carbons (Fsp3) is 0.278. The first kappa shape index (κ1) is 19.8. The summed E-state index contributed by atoms with van der Waals surface area (Å²) in [6.07, 6.45) is 0. The van der Waals surface area contributed by atoms with Crippen LogP contribution in [0.3, 0.4) is 0 Å². The van der Waals surface area contributed by atoms with Crippen molar-refractivity contribution in [2.45, 2.75) is 10.9 Å².